The highest BCUT2D eigenvalue weighted by Crippen LogP contribution is 2.23. The molecule has 1 aromatic heterocycles. The summed E-state index contributed by atoms with van der Waals surface area (Å²) in [5, 5.41) is 6.72. The van der Waals surface area contributed by atoms with Crippen molar-refractivity contribution in [3.8, 4) is 0 Å². The fourth-order valence-electron chi connectivity index (χ4n) is 1.81. The van der Waals surface area contributed by atoms with E-state index in [4.69, 9.17) is 11.6 Å². The molecule has 0 aliphatic heterocycles. The van der Waals surface area contributed by atoms with Crippen LogP contribution in [0.15, 0.2) is 23.6 Å². The lowest BCUT2D eigenvalue weighted by molar-refractivity contribution is 0.546. The third kappa shape index (κ3) is 3.07. The number of thiazole rings is 1. The number of aryl methyl sites for hydroxylation is 1. The zero-order valence-corrected chi connectivity index (χ0v) is 11.8. The van der Waals surface area contributed by atoms with Gasteiger partial charge in [-0.25, -0.2) is 9.37 Å². The SMILES string of the molecule is CNC(Cc1cc(Cl)ccc1F)c1csc(C)n1. The number of halogens is 2. The van der Waals surface area contributed by atoms with Crippen molar-refractivity contribution in [1.29, 1.82) is 0 Å². The molecule has 1 unspecified atom stereocenters. The van der Waals surface area contributed by atoms with Gasteiger partial charge < -0.3 is 5.32 Å². The number of hydrogen-bond donors (Lipinski definition) is 1. The standard InChI is InChI=1S/C13H14ClFN2S/c1-8-17-13(7-18-8)12(16-2)6-9-5-10(14)3-4-11(9)15/h3-5,7,12,16H,6H2,1-2H3. The van der Waals surface area contributed by atoms with Crippen LogP contribution in [-0.2, 0) is 6.42 Å². The van der Waals surface area contributed by atoms with Gasteiger partial charge in [-0.3, -0.25) is 0 Å². The Bertz CT molecular complexity index is 542. The fourth-order valence-corrected chi connectivity index (χ4v) is 2.68. The highest BCUT2D eigenvalue weighted by atomic mass is 35.5. The van der Waals surface area contributed by atoms with Crippen molar-refractivity contribution in [2.45, 2.75) is 19.4 Å². The Balaban J connectivity index is 2.22. The molecule has 0 fully saturated rings. The highest BCUT2D eigenvalue weighted by Gasteiger charge is 2.15. The van der Waals surface area contributed by atoms with Crippen LogP contribution in [0.3, 0.4) is 0 Å². The molecule has 0 amide bonds. The minimum absolute atomic E-state index is 0.00270. The summed E-state index contributed by atoms with van der Waals surface area (Å²) in [7, 11) is 1.85. The molecule has 18 heavy (non-hydrogen) atoms. The first-order chi connectivity index (χ1) is 8.60. The molecule has 1 atom stereocenters. The summed E-state index contributed by atoms with van der Waals surface area (Å²) in [6.45, 7) is 1.96. The molecule has 0 spiro atoms. The lowest BCUT2D eigenvalue weighted by Crippen LogP contribution is -2.19. The largest absolute Gasteiger partial charge is 0.311 e. The second-order valence-electron chi connectivity index (χ2n) is 4.07. The minimum atomic E-state index is -0.230. The zero-order chi connectivity index (χ0) is 13.1. The molecule has 5 heteroatoms. The molecular formula is C13H14ClFN2S. The maximum atomic E-state index is 13.7. The first-order valence-electron chi connectivity index (χ1n) is 5.63. The number of benzene rings is 1. The molecule has 96 valence electrons. The molecule has 0 radical (unpaired) electrons. The van der Waals surface area contributed by atoms with Crippen LogP contribution in [-0.4, -0.2) is 12.0 Å². The van der Waals surface area contributed by atoms with Crippen molar-refractivity contribution in [3.05, 3.63) is 50.7 Å². The Morgan fingerprint density at radius 3 is 2.89 bits per heavy atom. The molecule has 1 aromatic carbocycles. The predicted octanol–water partition coefficient (Wildman–Crippen LogP) is 3.75. The molecular weight excluding hydrogens is 271 g/mol. The third-order valence-corrected chi connectivity index (χ3v) is 3.80. The molecule has 0 bridgehead atoms. The van der Waals surface area contributed by atoms with Crippen LogP contribution in [0.5, 0.6) is 0 Å². The Labute approximate surface area is 115 Å². The Kier molecular flexibility index (Phi) is 4.32. The first-order valence-corrected chi connectivity index (χ1v) is 6.89. The molecule has 0 aliphatic rings. The second-order valence-corrected chi connectivity index (χ2v) is 5.57. The monoisotopic (exact) mass is 284 g/mol. The van der Waals surface area contributed by atoms with Gasteiger partial charge in [0.15, 0.2) is 0 Å². The second kappa shape index (κ2) is 5.78. The van der Waals surface area contributed by atoms with Crippen LogP contribution in [0.2, 0.25) is 5.02 Å². The van der Waals surface area contributed by atoms with Gasteiger partial charge in [-0.15, -0.1) is 11.3 Å². The lowest BCUT2D eigenvalue weighted by atomic mass is 10.0. The van der Waals surface area contributed by atoms with Gasteiger partial charge in [0.1, 0.15) is 5.82 Å². The maximum absolute atomic E-state index is 13.7. The average molecular weight is 285 g/mol. The maximum Gasteiger partial charge on any atom is 0.126 e. The summed E-state index contributed by atoms with van der Waals surface area (Å²) < 4.78 is 13.7. The molecule has 0 aliphatic carbocycles. The normalized spacial score (nSPS) is 12.7. The van der Waals surface area contributed by atoms with Crippen molar-refractivity contribution < 1.29 is 4.39 Å². The highest BCUT2D eigenvalue weighted by molar-refractivity contribution is 7.09. The quantitative estimate of drug-likeness (QED) is 0.925. The predicted molar refractivity (Wildman–Crippen MR) is 73.8 cm³/mol. The van der Waals surface area contributed by atoms with Crippen LogP contribution in [0.4, 0.5) is 4.39 Å². The number of rotatable bonds is 4. The molecule has 2 nitrogen and oxygen atoms in total. The Hall–Kier alpha value is -0.970. The van der Waals surface area contributed by atoms with Crippen molar-refractivity contribution in [3.63, 3.8) is 0 Å². The van der Waals surface area contributed by atoms with Crippen molar-refractivity contribution in [1.82, 2.24) is 10.3 Å². The lowest BCUT2D eigenvalue weighted by Gasteiger charge is -2.14. The Morgan fingerprint density at radius 1 is 1.50 bits per heavy atom. The van der Waals surface area contributed by atoms with Gasteiger partial charge >= 0.3 is 0 Å². The number of hydrogen-bond acceptors (Lipinski definition) is 3. The topological polar surface area (TPSA) is 24.9 Å². The number of likely N-dealkylation sites (N-methyl/N-ethyl adjacent to an activating group) is 1. The van der Waals surface area contributed by atoms with Crippen LogP contribution >= 0.6 is 22.9 Å². The van der Waals surface area contributed by atoms with Crippen molar-refractivity contribution >= 4 is 22.9 Å². The van der Waals surface area contributed by atoms with E-state index in [1.807, 2.05) is 19.4 Å². The van der Waals surface area contributed by atoms with E-state index >= 15 is 0 Å². The van der Waals surface area contributed by atoms with E-state index in [-0.39, 0.29) is 11.9 Å². The van der Waals surface area contributed by atoms with Crippen LogP contribution in [0.1, 0.15) is 22.3 Å². The summed E-state index contributed by atoms with van der Waals surface area (Å²) in [6, 6.07) is 4.63. The van der Waals surface area contributed by atoms with Gasteiger partial charge in [-0.1, -0.05) is 11.6 Å². The minimum Gasteiger partial charge on any atom is -0.311 e. The van der Waals surface area contributed by atoms with Gasteiger partial charge in [0, 0.05) is 10.4 Å². The number of nitrogens with zero attached hydrogens (tertiary/aromatic N) is 1. The molecule has 0 saturated carbocycles. The molecule has 2 rings (SSSR count). The fraction of sp³-hybridized carbons (Fsp3) is 0.308. The van der Waals surface area contributed by atoms with Crippen LogP contribution < -0.4 is 5.32 Å². The van der Waals surface area contributed by atoms with E-state index in [1.165, 1.54) is 6.07 Å². The third-order valence-electron chi connectivity index (χ3n) is 2.77. The molecule has 1 heterocycles. The van der Waals surface area contributed by atoms with Gasteiger partial charge in [0.2, 0.25) is 0 Å². The van der Waals surface area contributed by atoms with Gasteiger partial charge in [-0.05, 0) is 44.2 Å². The molecule has 0 saturated heterocycles. The summed E-state index contributed by atoms with van der Waals surface area (Å²) in [6.07, 6.45) is 0.534. The van der Waals surface area contributed by atoms with Gasteiger partial charge in [0.05, 0.1) is 16.7 Å². The van der Waals surface area contributed by atoms with E-state index in [1.54, 1.807) is 23.5 Å². The van der Waals surface area contributed by atoms with Crippen molar-refractivity contribution in [2.75, 3.05) is 7.05 Å². The van der Waals surface area contributed by atoms with Crippen LogP contribution in [0.25, 0.3) is 0 Å². The van der Waals surface area contributed by atoms with E-state index in [9.17, 15) is 4.39 Å². The molecule has 1 N–H and O–H groups in total. The smallest absolute Gasteiger partial charge is 0.126 e. The number of aromatic nitrogens is 1. The Morgan fingerprint density at radius 2 is 2.28 bits per heavy atom. The van der Waals surface area contributed by atoms with Crippen LogP contribution in [0, 0.1) is 12.7 Å². The average Bonchev–Trinajstić information content (AvgIpc) is 2.77. The van der Waals surface area contributed by atoms with Gasteiger partial charge in [0.25, 0.3) is 0 Å². The van der Waals surface area contributed by atoms with E-state index in [2.05, 4.69) is 10.3 Å². The van der Waals surface area contributed by atoms with E-state index < -0.39 is 0 Å². The molecule has 2 aromatic rings. The summed E-state index contributed by atoms with van der Waals surface area (Å²) in [5.74, 6) is -0.230. The summed E-state index contributed by atoms with van der Waals surface area (Å²) >= 11 is 7.49. The number of nitrogens with one attached hydrogen (secondary N) is 1. The van der Waals surface area contributed by atoms with E-state index in [0.29, 0.717) is 17.0 Å². The van der Waals surface area contributed by atoms with Gasteiger partial charge in [-0.2, -0.15) is 0 Å². The van der Waals surface area contributed by atoms with E-state index in [0.717, 1.165) is 10.7 Å². The first kappa shape index (κ1) is 13.5. The van der Waals surface area contributed by atoms with Crippen molar-refractivity contribution in [2.24, 2.45) is 0 Å². The zero-order valence-electron chi connectivity index (χ0n) is 10.2. The summed E-state index contributed by atoms with van der Waals surface area (Å²) in [4.78, 5) is 4.43. The summed E-state index contributed by atoms with van der Waals surface area (Å²) in [5.41, 5.74) is 1.55.